The Morgan fingerprint density at radius 2 is 1.88 bits per heavy atom. The first-order valence-electron chi connectivity index (χ1n) is 5.34. The third kappa shape index (κ3) is 2.64. The van der Waals surface area contributed by atoms with Gasteiger partial charge in [-0.15, -0.1) is 0 Å². The number of aryl methyl sites for hydroxylation is 1. The van der Waals surface area contributed by atoms with E-state index in [9.17, 15) is 8.78 Å². The molecule has 0 aliphatic rings. The molecule has 1 aromatic carbocycles. The van der Waals surface area contributed by atoms with Crippen molar-refractivity contribution in [3.05, 3.63) is 53.5 Å². The first-order chi connectivity index (χ1) is 8.06. The van der Waals surface area contributed by atoms with Crippen molar-refractivity contribution in [2.24, 2.45) is 0 Å². The van der Waals surface area contributed by atoms with E-state index in [1.165, 1.54) is 6.07 Å². The van der Waals surface area contributed by atoms with E-state index in [1.54, 1.807) is 0 Å². The van der Waals surface area contributed by atoms with E-state index in [1.807, 2.05) is 26.0 Å². The molecule has 1 heterocycles. The molecule has 1 N–H and O–H groups in total. The van der Waals surface area contributed by atoms with Gasteiger partial charge in [-0.05, 0) is 38.1 Å². The SMILES string of the molecule is Cc1ccc(C(C)Nc2ccc(F)c(F)c2)o1. The van der Waals surface area contributed by atoms with Crippen LogP contribution in [0, 0.1) is 18.6 Å². The van der Waals surface area contributed by atoms with Gasteiger partial charge in [0.2, 0.25) is 0 Å². The Kier molecular flexibility index (Phi) is 3.13. The molecular formula is C13H13F2NO. The highest BCUT2D eigenvalue weighted by molar-refractivity contribution is 5.45. The van der Waals surface area contributed by atoms with Crippen molar-refractivity contribution in [2.75, 3.05) is 5.32 Å². The van der Waals surface area contributed by atoms with Gasteiger partial charge >= 0.3 is 0 Å². The molecule has 0 bridgehead atoms. The lowest BCUT2D eigenvalue weighted by Crippen LogP contribution is -2.05. The molecule has 2 rings (SSSR count). The van der Waals surface area contributed by atoms with Crippen molar-refractivity contribution in [1.29, 1.82) is 0 Å². The number of rotatable bonds is 3. The Morgan fingerprint density at radius 3 is 2.47 bits per heavy atom. The van der Waals surface area contributed by atoms with Crippen molar-refractivity contribution in [2.45, 2.75) is 19.9 Å². The van der Waals surface area contributed by atoms with Crippen molar-refractivity contribution < 1.29 is 13.2 Å². The first kappa shape index (κ1) is 11.6. The van der Waals surface area contributed by atoms with E-state index in [0.717, 1.165) is 23.7 Å². The van der Waals surface area contributed by atoms with Crippen LogP contribution >= 0.6 is 0 Å². The van der Waals surface area contributed by atoms with Crippen LogP contribution in [-0.4, -0.2) is 0 Å². The summed E-state index contributed by atoms with van der Waals surface area (Å²) in [6.07, 6.45) is 0. The minimum absolute atomic E-state index is 0.103. The molecule has 2 aromatic rings. The lowest BCUT2D eigenvalue weighted by Gasteiger charge is -2.13. The zero-order chi connectivity index (χ0) is 12.4. The van der Waals surface area contributed by atoms with Gasteiger partial charge in [0, 0.05) is 11.8 Å². The highest BCUT2D eigenvalue weighted by Crippen LogP contribution is 2.22. The van der Waals surface area contributed by atoms with Gasteiger partial charge < -0.3 is 9.73 Å². The van der Waals surface area contributed by atoms with Crippen molar-refractivity contribution in [1.82, 2.24) is 0 Å². The lowest BCUT2D eigenvalue weighted by atomic mass is 10.2. The van der Waals surface area contributed by atoms with Crippen LogP contribution in [-0.2, 0) is 0 Å². The second-order valence-electron chi connectivity index (χ2n) is 3.94. The van der Waals surface area contributed by atoms with Crippen molar-refractivity contribution >= 4 is 5.69 Å². The topological polar surface area (TPSA) is 25.2 Å². The molecule has 1 atom stereocenters. The summed E-state index contributed by atoms with van der Waals surface area (Å²) < 4.78 is 31.2. The number of furan rings is 1. The molecule has 1 unspecified atom stereocenters. The van der Waals surface area contributed by atoms with Crippen LogP contribution in [0.4, 0.5) is 14.5 Å². The van der Waals surface area contributed by atoms with E-state index in [0.29, 0.717) is 5.69 Å². The molecule has 0 fully saturated rings. The molecule has 17 heavy (non-hydrogen) atoms. The maximum absolute atomic E-state index is 13.0. The van der Waals surface area contributed by atoms with Crippen LogP contribution in [0.25, 0.3) is 0 Å². The van der Waals surface area contributed by atoms with Crippen molar-refractivity contribution in [3.8, 4) is 0 Å². The predicted molar refractivity (Wildman–Crippen MR) is 61.8 cm³/mol. The number of halogens is 2. The highest BCUT2D eigenvalue weighted by atomic mass is 19.2. The smallest absolute Gasteiger partial charge is 0.160 e. The molecular weight excluding hydrogens is 224 g/mol. The van der Waals surface area contributed by atoms with Crippen LogP contribution in [0.3, 0.4) is 0 Å². The molecule has 90 valence electrons. The standard InChI is InChI=1S/C13H13F2NO/c1-8-3-6-13(17-8)9(2)16-10-4-5-11(14)12(15)7-10/h3-7,9,16H,1-2H3. The fourth-order valence-electron chi connectivity index (χ4n) is 1.59. The Morgan fingerprint density at radius 1 is 1.12 bits per heavy atom. The summed E-state index contributed by atoms with van der Waals surface area (Å²) in [5.41, 5.74) is 0.519. The van der Waals surface area contributed by atoms with Gasteiger partial charge in [0.1, 0.15) is 11.5 Å². The van der Waals surface area contributed by atoms with Crippen LogP contribution in [0.5, 0.6) is 0 Å². The van der Waals surface area contributed by atoms with Gasteiger partial charge in [0.15, 0.2) is 11.6 Å². The van der Waals surface area contributed by atoms with Crippen LogP contribution in [0.15, 0.2) is 34.7 Å². The zero-order valence-corrected chi connectivity index (χ0v) is 9.63. The predicted octanol–water partition coefficient (Wildman–Crippen LogP) is 4.04. The maximum atomic E-state index is 13.0. The Bertz CT molecular complexity index is 522. The quantitative estimate of drug-likeness (QED) is 0.871. The van der Waals surface area contributed by atoms with Gasteiger partial charge in [0.05, 0.1) is 6.04 Å². The molecule has 0 saturated heterocycles. The number of hydrogen-bond acceptors (Lipinski definition) is 2. The summed E-state index contributed by atoms with van der Waals surface area (Å²) in [5, 5.41) is 3.04. The largest absolute Gasteiger partial charge is 0.464 e. The monoisotopic (exact) mass is 237 g/mol. The van der Waals surface area contributed by atoms with Crippen LogP contribution < -0.4 is 5.32 Å². The number of nitrogens with one attached hydrogen (secondary N) is 1. The minimum atomic E-state index is -0.863. The third-order valence-corrected chi connectivity index (χ3v) is 2.49. The second-order valence-corrected chi connectivity index (χ2v) is 3.94. The summed E-state index contributed by atoms with van der Waals surface area (Å²) in [6, 6.07) is 7.32. The van der Waals surface area contributed by atoms with Crippen molar-refractivity contribution in [3.63, 3.8) is 0 Å². The fourth-order valence-corrected chi connectivity index (χ4v) is 1.59. The lowest BCUT2D eigenvalue weighted by molar-refractivity contribution is 0.466. The molecule has 0 saturated carbocycles. The number of hydrogen-bond donors (Lipinski definition) is 1. The average molecular weight is 237 g/mol. The average Bonchev–Trinajstić information content (AvgIpc) is 2.70. The fraction of sp³-hybridized carbons (Fsp3) is 0.231. The Balaban J connectivity index is 2.12. The highest BCUT2D eigenvalue weighted by Gasteiger charge is 2.10. The summed E-state index contributed by atoms with van der Waals surface area (Å²) in [4.78, 5) is 0. The Hall–Kier alpha value is -1.84. The second kappa shape index (κ2) is 4.57. The molecule has 4 heteroatoms. The van der Waals surface area contributed by atoms with Gasteiger partial charge in [-0.3, -0.25) is 0 Å². The summed E-state index contributed by atoms with van der Waals surface area (Å²) in [6.45, 7) is 3.74. The molecule has 0 aliphatic carbocycles. The molecule has 0 spiro atoms. The van der Waals surface area contributed by atoms with E-state index in [2.05, 4.69) is 5.32 Å². The van der Waals surface area contributed by atoms with E-state index < -0.39 is 11.6 Å². The summed E-state index contributed by atoms with van der Waals surface area (Å²) in [7, 11) is 0. The zero-order valence-electron chi connectivity index (χ0n) is 9.63. The van der Waals surface area contributed by atoms with Gasteiger partial charge in [0.25, 0.3) is 0 Å². The normalized spacial score (nSPS) is 12.5. The van der Waals surface area contributed by atoms with E-state index in [-0.39, 0.29) is 6.04 Å². The minimum Gasteiger partial charge on any atom is -0.464 e. The summed E-state index contributed by atoms with van der Waals surface area (Å²) in [5.74, 6) is -0.138. The van der Waals surface area contributed by atoms with Crippen LogP contribution in [0.1, 0.15) is 24.5 Å². The molecule has 0 radical (unpaired) electrons. The van der Waals surface area contributed by atoms with Gasteiger partial charge in [-0.1, -0.05) is 0 Å². The summed E-state index contributed by atoms with van der Waals surface area (Å²) >= 11 is 0. The first-order valence-corrected chi connectivity index (χ1v) is 5.34. The Labute approximate surface area is 98.3 Å². The molecule has 0 amide bonds. The van der Waals surface area contributed by atoms with Gasteiger partial charge in [-0.2, -0.15) is 0 Å². The van der Waals surface area contributed by atoms with E-state index in [4.69, 9.17) is 4.42 Å². The molecule has 2 nitrogen and oxygen atoms in total. The molecule has 0 aliphatic heterocycles. The maximum Gasteiger partial charge on any atom is 0.160 e. The van der Waals surface area contributed by atoms with Gasteiger partial charge in [-0.25, -0.2) is 8.78 Å². The third-order valence-electron chi connectivity index (χ3n) is 2.49. The molecule has 1 aromatic heterocycles. The van der Waals surface area contributed by atoms with Crippen LogP contribution in [0.2, 0.25) is 0 Å². The number of benzene rings is 1. The number of anilines is 1. The van der Waals surface area contributed by atoms with E-state index >= 15 is 0 Å².